The van der Waals surface area contributed by atoms with Crippen molar-refractivity contribution < 1.29 is 48.9 Å². The third-order valence-corrected chi connectivity index (χ3v) is 5.91. The van der Waals surface area contributed by atoms with E-state index in [9.17, 15) is 48.9 Å². The van der Waals surface area contributed by atoms with E-state index in [1.165, 1.54) is 13.8 Å². The lowest BCUT2D eigenvalue weighted by Crippen LogP contribution is -2.63. The number of primary amides is 1. The number of amides is 6. The third kappa shape index (κ3) is 14.2. The van der Waals surface area contributed by atoms with Gasteiger partial charge in [-0.15, -0.1) is 0 Å². The van der Waals surface area contributed by atoms with Crippen molar-refractivity contribution in [1.29, 1.82) is 0 Å². The Kier molecular flexibility index (Phi) is 16.3. The van der Waals surface area contributed by atoms with Gasteiger partial charge in [0.15, 0.2) is 0 Å². The fraction of sp³-hybridized carbons (Fsp3) is 0.731. The topological polar surface area (TPSA) is 266 Å². The Morgan fingerprint density at radius 2 is 0.976 bits per heavy atom. The minimum absolute atomic E-state index is 0.0321. The second-order valence-electron chi connectivity index (χ2n) is 11.1. The van der Waals surface area contributed by atoms with Gasteiger partial charge >= 0.3 is 5.97 Å². The first kappa shape index (κ1) is 38.2. The number of carbonyl (C=O) groups is 7. The molecule has 0 saturated carbocycles. The first-order chi connectivity index (χ1) is 19.3. The van der Waals surface area contributed by atoms with Crippen LogP contribution in [0.15, 0.2) is 0 Å². The van der Waals surface area contributed by atoms with Gasteiger partial charge in [-0.25, -0.2) is 0 Å². The molecule has 0 aliphatic carbocycles. The average Bonchev–Trinajstić information content (AvgIpc) is 2.82. The Balaban J connectivity index is 5.87. The molecule has 10 N–H and O–H groups in total. The van der Waals surface area contributed by atoms with E-state index >= 15 is 0 Å². The van der Waals surface area contributed by atoms with E-state index in [4.69, 9.17) is 5.73 Å². The highest BCUT2D eigenvalue weighted by Gasteiger charge is 2.36. The molecule has 42 heavy (non-hydrogen) atoms. The Morgan fingerprint density at radius 1 is 0.595 bits per heavy atom. The maximum atomic E-state index is 13.0. The van der Waals surface area contributed by atoms with Crippen LogP contribution in [-0.2, 0) is 33.6 Å². The number of carboxylic acids is 1. The standard InChI is InChI=1S/C26H46N6O10/c1-11(2)8-16(22(27)38)29-25(41)20(13(5)33)32-26(42)21(14(6)34)31-24(40)18(10-19(36)37)30-23(39)17(9-12(3)4)28-15(7)35/h11-14,16-18,20-21,33-34H,8-10H2,1-7H3,(H2,27,38)(H,28,35)(H,29,41)(H,30,39)(H,31,40)(H,32,42)(H,36,37)/t13?,14?,16-,17-,18-,20+,21-/m0/s1. The minimum Gasteiger partial charge on any atom is -0.481 e. The van der Waals surface area contributed by atoms with Crippen molar-refractivity contribution >= 4 is 41.4 Å². The number of carbonyl (C=O) groups excluding carboxylic acids is 6. The Morgan fingerprint density at radius 3 is 1.36 bits per heavy atom. The third-order valence-electron chi connectivity index (χ3n) is 5.91. The number of hydrogen-bond acceptors (Lipinski definition) is 9. The van der Waals surface area contributed by atoms with Crippen LogP contribution >= 0.6 is 0 Å². The Hall–Kier alpha value is -3.79. The fourth-order valence-electron chi connectivity index (χ4n) is 3.89. The summed E-state index contributed by atoms with van der Waals surface area (Å²) >= 11 is 0. The summed E-state index contributed by atoms with van der Waals surface area (Å²) in [5.41, 5.74) is 5.34. The van der Waals surface area contributed by atoms with Gasteiger partial charge in [0.25, 0.3) is 0 Å². The van der Waals surface area contributed by atoms with Crippen LogP contribution in [-0.4, -0.2) is 99.1 Å². The van der Waals surface area contributed by atoms with Gasteiger partial charge in [0.2, 0.25) is 35.4 Å². The SMILES string of the molecule is CC(=O)N[C@@H](CC(C)C)C(=O)N[C@@H](CC(=O)O)C(=O)N[C@H](C(=O)N[C@@H](C(=O)N[C@@H](CC(C)C)C(N)=O)C(C)O)C(C)O. The molecule has 6 amide bonds. The van der Waals surface area contributed by atoms with Crippen LogP contribution in [0.4, 0.5) is 0 Å². The van der Waals surface area contributed by atoms with Crippen molar-refractivity contribution in [2.24, 2.45) is 17.6 Å². The summed E-state index contributed by atoms with van der Waals surface area (Å²) in [6.45, 7) is 10.7. The highest BCUT2D eigenvalue weighted by atomic mass is 16.4. The molecule has 0 aromatic carbocycles. The van der Waals surface area contributed by atoms with Crippen molar-refractivity contribution in [3.8, 4) is 0 Å². The summed E-state index contributed by atoms with van der Waals surface area (Å²) < 4.78 is 0. The molecule has 0 heterocycles. The molecule has 0 aromatic heterocycles. The van der Waals surface area contributed by atoms with E-state index in [1.807, 2.05) is 0 Å². The lowest BCUT2D eigenvalue weighted by Gasteiger charge is -2.28. The van der Waals surface area contributed by atoms with Gasteiger partial charge in [-0.2, -0.15) is 0 Å². The number of aliphatic hydroxyl groups is 2. The molecule has 0 bridgehead atoms. The second kappa shape index (κ2) is 17.9. The van der Waals surface area contributed by atoms with E-state index in [0.29, 0.717) is 0 Å². The van der Waals surface area contributed by atoms with Crippen LogP contribution in [0.1, 0.15) is 67.7 Å². The Bertz CT molecular complexity index is 985. The highest BCUT2D eigenvalue weighted by Crippen LogP contribution is 2.08. The smallest absolute Gasteiger partial charge is 0.305 e. The molecule has 2 unspecified atom stereocenters. The molecule has 16 nitrogen and oxygen atoms in total. The van der Waals surface area contributed by atoms with Crippen LogP contribution in [0.3, 0.4) is 0 Å². The molecule has 0 fully saturated rings. The molecule has 0 saturated heterocycles. The lowest BCUT2D eigenvalue weighted by molar-refractivity contribution is -0.142. The first-order valence-corrected chi connectivity index (χ1v) is 13.6. The average molecular weight is 603 g/mol. The van der Waals surface area contributed by atoms with Crippen molar-refractivity contribution in [1.82, 2.24) is 26.6 Å². The van der Waals surface area contributed by atoms with E-state index in [1.54, 1.807) is 27.7 Å². The largest absolute Gasteiger partial charge is 0.481 e. The van der Waals surface area contributed by atoms with Crippen molar-refractivity contribution in [3.05, 3.63) is 0 Å². The van der Waals surface area contributed by atoms with Crippen molar-refractivity contribution in [2.45, 2.75) is 110 Å². The van der Waals surface area contributed by atoms with E-state index in [2.05, 4.69) is 26.6 Å². The molecular weight excluding hydrogens is 556 g/mol. The van der Waals surface area contributed by atoms with Crippen molar-refractivity contribution in [2.75, 3.05) is 0 Å². The van der Waals surface area contributed by atoms with Crippen LogP contribution in [0, 0.1) is 11.8 Å². The second-order valence-corrected chi connectivity index (χ2v) is 11.1. The summed E-state index contributed by atoms with van der Waals surface area (Å²) in [7, 11) is 0. The number of aliphatic carboxylic acids is 1. The van der Waals surface area contributed by atoms with Gasteiger partial charge in [0.05, 0.1) is 18.6 Å². The number of nitrogens with one attached hydrogen (secondary N) is 5. The van der Waals surface area contributed by atoms with Crippen LogP contribution in [0.5, 0.6) is 0 Å². The number of rotatable bonds is 18. The number of hydrogen-bond donors (Lipinski definition) is 9. The molecule has 240 valence electrons. The molecule has 16 heteroatoms. The first-order valence-electron chi connectivity index (χ1n) is 13.6. The molecule has 0 aliphatic heterocycles. The van der Waals surface area contributed by atoms with Gasteiger partial charge in [-0.1, -0.05) is 27.7 Å². The van der Waals surface area contributed by atoms with Crippen LogP contribution in [0.25, 0.3) is 0 Å². The van der Waals surface area contributed by atoms with Crippen LogP contribution in [0.2, 0.25) is 0 Å². The zero-order valence-corrected chi connectivity index (χ0v) is 25.1. The fourth-order valence-corrected chi connectivity index (χ4v) is 3.89. The zero-order valence-electron chi connectivity index (χ0n) is 25.1. The summed E-state index contributed by atoms with van der Waals surface area (Å²) in [4.78, 5) is 86.4. The van der Waals surface area contributed by atoms with Gasteiger partial charge in [0, 0.05) is 6.92 Å². The molecule has 0 rings (SSSR count). The summed E-state index contributed by atoms with van der Waals surface area (Å²) in [5.74, 6) is -6.98. The van der Waals surface area contributed by atoms with Crippen LogP contribution < -0.4 is 32.3 Å². The lowest BCUT2D eigenvalue weighted by atomic mass is 10.0. The molecule has 0 radical (unpaired) electrons. The number of nitrogens with two attached hydrogens (primary N) is 1. The number of aliphatic hydroxyl groups excluding tert-OH is 2. The molecule has 7 atom stereocenters. The maximum absolute atomic E-state index is 13.0. The molecular formula is C26H46N6O10. The maximum Gasteiger partial charge on any atom is 0.305 e. The predicted octanol–water partition coefficient (Wildman–Crippen LogP) is -2.76. The van der Waals surface area contributed by atoms with E-state index in [0.717, 1.165) is 6.92 Å². The monoisotopic (exact) mass is 602 g/mol. The quantitative estimate of drug-likeness (QED) is 0.0780. The summed E-state index contributed by atoms with van der Waals surface area (Å²) in [5, 5.41) is 41.1. The normalized spacial score (nSPS) is 16.2. The minimum atomic E-state index is -1.76. The van der Waals surface area contributed by atoms with Gasteiger partial charge < -0.3 is 47.6 Å². The van der Waals surface area contributed by atoms with E-state index in [-0.39, 0.29) is 24.7 Å². The van der Waals surface area contributed by atoms with Gasteiger partial charge in [-0.3, -0.25) is 33.6 Å². The van der Waals surface area contributed by atoms with Crippen molar-refractivity contribution in [3.63, 3.8) is 0 Å². The number of carboxylic acid groups (broad SMARTS) is 1. The summed E-state index contributed by atoms with van der Waals surface area (Å²) in [6, 6.07) is -7.28. The molecule has 0 aromatic rings. The van der Waals surface area contributed by atoms with E-state index < -0.39 is 90.3 Å². The molecule has 0 spiro atoms. The Labute approximate surface area is 244 Å². The highest BCUT2D eigenvalue weighted by molar-refractivity contribution is 5.97. The zero-order chi connectivity index (χ0) is 32.9. The molecule has 0 aliphatic rings. The predicted molar refractivity (Wildman–Crippen MR) is 149 cm³/mol. The summed E-state index contributed by atoms with van der Waals surface area (Å²) in [6.07, 6.45) is -3.60. The van der Waals surface area contributed by atoms with Gasteiger partial charge in [0.1, 0.15) is 30.2 Å². The van der Waals surface area contributed by atoms with Gasteiger partial charge in [-0.05, 0) is 38.5 Å².